The van der Waals surface area contributed by atoms with E-state index >= 15 is 0 Å². The van der Waals surface area contributed by atoms with E-state index in [9.17, 15) is 30.7 Å². The molecule has 1 saturated carbocycles. The first-order valence-corrected chi connectivity index (χ1v) is 7.70. The summed E-state index contributed by atoms with van der Waals surface area (Å²) in [4.78, 5) is 3.29. The van der Waals surface area contributed by atoms with Gasteiger partial charge in [0.1, 0.15) is 5.67 Å². The van der Waals surface area contributed by atoms with E-state index in [2.05, 4.69) is 0 Å². The van der Waals surface area contributed by atoms with E-state index in [-0.39, 0.29) is 6.54 Å². The highest BCUT2D eigenvalue weighted by atomic mass is 19.3. The summed E-state index contributed by atoms with van der Waals surface area (Å²) in [6.07, 6.45) is -3.82. The molecule has 2 rings (SSSR count). The van der Waals surface area contributed by atoms with Gasteiger partial charge < -0.3 is 9.64 Å². The predicted molar refractivity (Wildman–Crippen MR) is 72.7 cm³/mol. The van der Waals surface area contributed by atoms with Crippen LogP contribution in [0.15, 0.2) is 0 Å². The number of hydrogen-bond donors (Lipinski definition) is 0. The molecule has 24 heavy (non-hydrogen) atoms. The standard InChI is InChI=1S/C14H21F7N2O/c1-22(2-3-23-4-6-24-7-5-23)10-11(15)8-12(16,17)14(20,21)13(18,19)9-11/h2-10H2,1H3. The second-order valence-corrected chi connectivity index (χ2v) is 6.68. The maximum Gasteiger partial charge on any atom is 0.372 e. The van der Waals surface area contributed by atoms with Crippen LogP contribution in [0.4, 0.5) is 30.7 Å². The van der Waals surface area contributed by atoms with Gasteiger partial charge in [0.2, 0.25) is 0 Å². The summed E-state index contributed by atoms with van der Waals surface area (Å²) in [5.74, 6) is -15.7. The number of hydrogen-bond acceptors (Lipinski definition) is 3. The summed E-state index contributed by atoms with van der Waals surface area (Å²) in [5.41, 5.74) is -3.07. The number of alkyl halides is 7. The quantitative estimate of drug-likeness (QED) is 0.696. The highest BCUT2D eigenvalue weighted by molar-refractivity contribution is 5.09. The molecule has 0 bridgehead atoms. The topological polar surface area (TPSA) is 15.7 Å². The Morgan fingerprint density at radius 2 is 1.42 bits per heavy atom. The molecule has 0 aromatic heterocycles. The third-order valence-electron chi connectivity index (χ3n) is 4.45. The van der Waals surface area contributed by atoms with E-state index in [4.69, 9.17) is 4.74 Å². The summed E-state index contributed by atoms with van der Waals surface area (Å²) in [5, 5.41) is 0. The van der Waals surface area contributed by atoms with Crippen LogP contribution in [0.1, 0.15) is 12.8 Å². The van der Waals surface area contributed by atoms with Crippen molar-refractivity contribution in [3.05, 3.63) is 0 Å². The van der Waals surface area contributed by atoms with Crippen LogP contribution in [0.25, 0.3) is 0 Å². The summed E-state index contributed by atoms with van der Waals surface area (Å²) in [6, 6.07) is 0. The average molecular weight is 366 g/mol. The Bertz CT molecular complexity index is 421. The number of morpholine rings is 1. The van der Waals surface area contributed by atoms with E-state index < -0.39 is 42.8 Å². The second kappa shape index (κ2) is 6.60. The summed E-state index contributed by atoms with van der Waals surface area (Å²) in [6.45, 7) is 2.40. The largest absolute Gasteiger partial charge is 0.379 e. The molecule has 0 atom stereocenters. The normalized spacial score (nSPS) is 28.9. The van der Waals surface area contributed by atoms with Crippen LogP contribution in [0, 0.1) is 0 Å². The molecule has 0 N–H and O–H groups in total. The van der Waals surface area contributed by atoms with Crippen LogP contribution < -0.4 is 0 Å². The summed E-state index contributed by atoms with van der Waals surface area (Å²) in [7, 11) is 1.39. The van der Waals surface area contributed by atoms with Gasteiger partial charge >= 0.3 is 17.8 Å². The van der Waals surface area contributed by atoms with Crippen molar-refractivity contribution in [1.82, 2.24) is 9.80 Å². The first-order valence-electron chi connectivity index (χ1n) is 7.70. The number of rotatable bonds is 5. The zero-order valence-corrected chi connectivity index (χ0v) is 13.3. The van der Waals surface area contributed by atoms with Crippen LogP contribution in [0.5, 0.6) is 0 Å². The van der Waals surface area contributed by atoms with E-state index in [1.807, 2.05) is 4.90 Å². The molecule has 2 aliphatic rings. The fraction of sp³-hybridized carbons (Fsp3) is 1.00. The zero-order valence-electron chi connectivity index (χ0n) is 13.3. The molecule has 3 nitrogen and oxygen atoms in total. The zero-order chi connectivity index (χ0) is 18.2. The fourth-order valence-corrected chi connectivity index (χ4v) is 3.16. The molecule has 142 valence electrons. The highest BCUT2D eigenvalue weighted by Gasteiger charge is 2.77. The number of halogens is 7. The van der Waals surface area contributed by atoms with Gasteiger partial charge in [-0.05, 0) is 7.05 Å². The van der Waals surface area contributed by atoms with Gasteiger partial charge in [0.15, 0.2) is 0 Å². The molecule has 1 aliphatic carbocycles. The Kier molecular flexibility index (Phi) is 5.42. The van der Waals surface area contributed by atoms with Gasteiger partial charge in [-0.25, -0.2) is 4.39 Å². The SMILES string of the molecule is CN(CCN1CCOCC1)CC1(F)CC(F)(F)C(F)(F)C(F)(F)C1. The molecular formula is C14H21F7N2O. The van der Waals surface area contributed by atoms with Gasteiger partial charge in [-0.1, -0.05) is 0 Å². The van der Waals surface area contributed by atoms with Crippen molar-refractivity contribution >= 4 is 0 Å². The molecular weight excluding hydrogens is 345 g/mol. The molecule has 0 aromatic carbocycles. The molecule has 1 aliphatic heterocycles. The molecule has 0 radical (unpaired) electrons. The van der Waals surface area contributed by atoms with Crippen molar-refractivity contribution in [3.63, 3.8) is 0 Å². The van der Waals surface area contributed by atoms with Crippen molar-refractivity contribution < 1.29 is 35.5 Å². The van der Waals surface area contributed by atoms with Crippen molar-refractivity contribution in [3.8, 4) is 0 Å². The second-order valence-electron chi connectivity index (χ2n) is 6.68. The van der Waals surface area contributed by atoms with Gasteiger partial charge in [0.25, 0.3) is 0 Å². The molecule has 10 heteroatoms. The van der Waals surface area contributed by atoms with E-state index in [0.717, 1.165) is 0 Å². The molecule has 0 spiro atoms. The Labute approximate surface area is 135 Å². The first-order chi connectivity index (χ1) is 10.9. The molecule has 0 amide bonds. The smallest absolute Gasteiger partial charge is 0.372 e. The van der Waals surface area contributed by atoms with Crippen molar-refractivity contribution in [1.29, 1.82) is 0 Å². The molecule has 1 saturated heterocycles. The van der Waals surface area contributed by atoms with Crippen LogP contribution in [0.3, 0.4) is 0 Å². The van der Waals surface area contributed by atoms with Gasteiger partial charge in [-0.15, -0.1) is 0 Å². The third-order valence-corrected chi connectivity index (χ3v) is 4.45. The Morgan fingerprint density at radius 3 is 1.92 bits per heavy atom. The summed E-state index contributed by atoms with van der Waals surface area (Å²) < 4.78 is 99.5. The average Bonchev–Trinajstić information content (AvgIpc) is 2.43. The minimum Gasteiger partial charge on any atom is -0.379 e. The lowest BCUT2D eigenvalue weighted by Crippen LogP contribution is -2.65. The van der Waals surface area contributed by atoms with Gasteiger partial charge in [-0.3, -0.25) is 4.90 Å². The number of likely N-dealkylation sites (N-methyl/N-ethyl adjacent to an activating group) is 1. The summed E-state index contributed by atoms with van der Waals surface area (Å²) >= 11 is 0. The third kappa shape index (κ3) is 3.96. The highest BCUT2D eigenvalue weighted by Crippen LogP contribution is 2.57. The van der Waals surface area contributed by atoms with Crippen molar-refractivity contribution in [2.24, 2.45) is 0 Å². The monoisotopic (exact) mass is 366 g/mol. The lowest BCUT2D eigenvalue weighted by atomic mass is 9.78. The maximum atomic E-state index is 14.6. The van der Waals surface area contributed by atoms with E-state index in [1.165, 1.54) is 11.9 Å². The molecule has 2 fully saturated rings. The van der Waals surface area contributed by atoms with Crippen LogP contribution >= 0.6 is 0 Å². The van der Waals surface area contributed by atoms with Crippen molar-refractivity contribution in [2.45, 2.75) is 36.3 Å². The minimum atomic E-state index is -5.54. The van der Waals surface area contributed by atoms with E-state index in [1.54, 1.807) is 0 Å². The fourth-order valence-electron chi connectivity index (χ4n) is 3.16. The minimum absolute atomic E-state index is 0.249. The Balaban J connectivity index is 1.95. The number of ether oxygens (including phenoxy) is 1. The Hall–Kier alpha value is -0.610. The molecule has 0 aromatic rings. The predicted octanol–water partition coefficient (Wildman–Crippen LogP) is 2.66. The molecule has 0 unspecified atom stereocenters. The lowest BCUT2D eigenvalue weighted by Gasteiger charge is -2.45. The van der Waals surface area contributed by atoms with Gasteiger partial charge in [0, 0.05) is 32.7 Å². The van der Waals surface area contributed by atoms with E-state index in [0.29, 0.717) is 32.8 Å². The van der Waals surface area contributed by atoms with Gasteiger partial charge in [-0.2, -0.15) is 26.3 Å². The van der Waals surface area contributed by atoms with Crippen LogP contribution in [0.2, 0.25) is 0 Å². The van der Waals surface area contributed by atoms with Crippen molar-refractivity contribution in [2.75, 3.05) is 53.0 Å². The maximum absolute atomic E-state index is 14.6. The first kappa shape index (κ1) is 19.7. The molecule has 1 heterocycles. The van der Waals surface area contributed by atoms with Gasteiger partial charge in [0.05, 0.1) is 26.1 Å². The van der Waals surface area contributed by atoms with Crippen LogP contribution in [-0.2, 0) is 4.74 Å². The number of nitrogens with zero attached hydrogens (tertiary/aromatic N) is 2. The van der Waals surface area contributed by atoms with Crippen LogP contribution in [-0.4, -0.2) is 86.2 Å². The lowest BCUT2D eigenvalue weighted by molar-refractivity contribution is -0.349. The Morgan fingerprint density at radius 1 is 0.917 bits per heavy atom.